The Labute approximate surface area is 84.7 Å². The summed E-state index contributed by atoms with van der Waals surface area (Å²) in [5.74, 6) is 0. The van der Waals surface area contributed by atoms with Gasteiger partial charge in [-0.05, 0) is 19.3 Å². The Hall–Kier alpha value is -1.24. The van der Waals surface area contributed by atoms with Crippen molar-refractivity contribution in [1.29, 1.82) is 5.26 Å². The van der Waals surface area contributed by atoms with Crippen LogP contribution in [-0.2, 0) is 0 Å². The molecule has 0 saturated heterocycles. The van der Waals surface area contributed by atoms with E-state index in [0.29, 0.717) is 19.0 Å². The van der Waals surface area contributed by atoms with Crippen LogP contribution in [0.3, 0.4) is 0 Å². The zero-order valence-corrected chi connectivity index (χ0v) is 8.38. The van der Waals surface area contributed by atoms with Gasteiger partial charge >= 0.3 is 6.03 Å². The molecule has 1 aliphatic rings. The van der Waals surface area contributed by atoms with Crippen molar-refractivity contribution in [3.63, 3.8) is 0 Å². The smallest absolute Gasteiger partial charge is 0.315 e. The second-order valence-electron chi connectivity index (χ2n) is 3.64. The zero-order valence-electron chi connectivity index (χ0n) is 8.38. The van der Waals surface area contributed by atoms with E-state index in [-0.39, 0.29) is 6.03 Å². The molecule has 78 valence electrons. The van der Waals surface area contributed by atoms with E-state index in [1.165, 1.54) is 12.8 Å². The third kappa shape index (κ3) is 4.13. The molecule has 0 aromatic heterocycles. The molecule has 0 atom stereocenters. The Bertz CT molecular complexity index is 216. The molecule has 0 heterocycles. The van der Waals surface area contributed by atoms with Crippen LogP contribution in [0, 0.1) is 11.3 Å². The molecule has 0 aliphatic heterocycles. The van der Waals surface area contributed by atoms with Crippen molar-refractivity contribution in [3.8, 4) is 6.07 Å². The fraction of sp³-hybridized carbons (Fsp3) is 0.800. The lowest BCUT2D eigenvalue weighted by molar-refractivity contribution is 0.237. The van der Waals surface area contributed by atoms with Crippen LogP contribution in [0.1, 0.15) is 38.5 Å². The van der Waals surface area contributed by atoms with Gasteiger partial charge in [0.25, 0.3) is 0 Å². The summed E-state index contributed by atoms with van der Waals surface area (Å²) >= 11 is 0. The third-order valence-electron chi connectivity index (χ3n) is 2.44. The minimum absolute atomic E-state index is 0.0881. The summed E-state index contributed by atoms with van der Waals surface area (Å²) in [6.45, 7) is 0.589. The van der Waals surface area contributed by atoms with Gasteiger partial charge in [0.15, 0.2) is 0 Å². The zero-order chi connectivity index (χ0) is 10.2. The Morgan fingerprint density at radius 1 is 1.43 bits per heavy atom. The van der Waals surface area contributed by atoms with Gasteiger partial charge in [0.1, 0.15) is 0 Å². The molecule has 2 amide bonds. The van der Waals surface area contributed by atoms with Gasteiger partial charge < -0.3 is 10.6 Å². The monoisotopic (exact) mass is 195 g/mol. The number of carbonyl (C=O) groups is 1. The van der Waals surface area contributed by atoms with Crippen molar-refractivity contribution in [2.45, 2.75) is 44.6 Å². The van der Waals surface area contributed by atoms with Gasteiger partial charge in [-0.15, -0.1) is 0 Å². The number of carbonyl (C=O) groups excluding carboxylic acids is 1. The molecule has 0 aromatic carbocycles. The summed E-state index contributed by atoms with van der Waals surface area (Å²) in [6.07, 6.45) is 5.88. The first-order valence-electron chi connectivity index (χ1n) is 5.24. The Morgan fingerprint density at radius 3 is 2.79 bits per heavy atom. The van der Waals surface area contributed by atoms with Gasteiger partial charge in [-0.25, -0.2) is 4.79 Å². The molecular formula is C10H17N3O. The van der Waals surface area contributed by atoms with Crippen molar-refractivity contribution in [1.82, 2.24) is 10.6 Å². The quantitative estimate of drug-likeness (QED) is 0.668. The molecule has 1 aliphatic carbocycles. The van der Waals surface area contributed by atoms with E-state index < -0.39 is 0 Å². The van der Waals surface area contributed by atoms with Crippen LogP contribution in [0.15, 0.2) is 0 Å². The SMILES string of the molecule is N#CCCCNC(=O)NC1CCCC1. The van der Waals surface area contributed by atoms with Crippen LogP contribution in [-0.4, -0.2) is 18.6 Å². The van der Waals surface area contributed by atoms with Crippen LogP contribution in [0.25, 0.3) is 0 Å². The van der Waals surface area contributed by atoms with Gasteiger partial charge in [0.2, 0.25) is 0 Å². The van der Waals surface area contributed by atoms with Crippen molar-refractivity contribution in [3.05, 3.63) is 0 Å². The highest BCUT2D eigenvalue weighted by molar-refractivity contribution is 5.74. The van der Waals surface area contributed by atoms with Gasteiger partial charge in [0, 0.05) is 19.0 Å². The lowest BCUT2D eigenvalue weighted by atomic mass is 10.2. The van der Waals surface area contributed by atoms with Crippen molar-refractivity contribution >= 4 is 6.03 Å². The number of nitrogens with one attached hydrogen (secondary N) is 2. The average molecular weight is 195 g/mol. The number of unbranched alkanes of at least 4 members (excludes halogenated alkanes) is 1. The summed E-state index contributed by atoms with van der Waals surface area (Å²) in [5.41, 5.74) is 0. The maximum Gasteiger partial charge on any atom is 0.315 e. The van der Waals surface area contributed by atoms with Gasteiger partial charge in [-0.3, -0.25) is 0 Å². The first kappa shape index (κ1) is 10.8. The molecule has 2 N–H and O–H groups in total. The van der Waals surface area contributed by atoms with Crippen molar-refractivity contribution in [2.24, 2.45) is 0 Å². The maximum absolute atomic E-state index is 11.3. The minimum Gasteiger partial charge on any atom is -0.338 e. The minimum atomic E-state index is -0.0881. The molecule has 4 heteroatoms. The van der Waals surface area contributed by atoms with Crippen molar-refractivity contribution in [2.75, 3.05) is 6.54 Å². The summed E-state index contributed by atoms with van der Waals surface area (Å²) in [6, 6.07) is 2.32. The van der Waals surface area contributed by atoms with E-state index in [1.54, 1.807) is 0 Å². The lowest BCUT2D eigenvalue weighted by Crippen LogP contribution is -2.41. The molecule has 0 bridgehead atoms. The summed E-state index contributed by atoms with van der Waals surface area (Å²) < 4.78 is 0. The number of hydrogen-bond acceptors (Lipinski definition) is 2. The van der Waals surface area contributed by atoms with Crippen LogP contribution < -0.4 is 10.6 Å². The second kappa shape index (κ2) is 6.25. The molecule has 0 spiro atoms. The molecule has 1 saturated carbocycles. The first-order chi connectivity index (χ1) is 6.83. The van der Waals surface area contributed by atoms with E-state index >= 15 is 0 Å². The van der Waals surface area contributed by atoms with Crippen LogP contribution in [0.5, 0.6) is 0 Å². The largest absolute Gasteiger partial charge is 0.338 e. The number of nitriles is 1. The summed E-state index contributed by atoms with van der Waals surface area (Å²) in [4.78, 5) is 11.3. The third-order valence-corrected chi connectivity index (χ3v) is 2.44. The summed E-state index contributed by atoms with van der Waals surface area (Å²) in [5, 5.41) is 13.9. The van der Waals surface area contributed by atoms with E-state index in [0.717, 1.165) is 19.3 Å². The normalized spacial score (nSPS) is 16.2. The Kier molecular flexibility index (Phi) is 4.84. The van der Waals surface area contributed by atoms with E-state index in [4.69, 9.17) is 5.26 Å². The highest BCUT2D eigenvalue weighted by Crippen LogP contribution is 2.17. The molecule has 4 nitrogen and oxygen atoms in total. The molecule has 1 rings (SSSR count). The molecule has 14 heavy (non-hydrogen) atoms. The average Bonchev–Trinajstić information content (AvgIpc) is 2.65. The molecule has 0 unspecified atom stereocenters. The molecule has 0 aromatic rings. The number of nitrogens with zero attached hydrogens (tertiary/aromatic N) is 1. The van der Waals surface area contributed by atoms with Crippen LogP contribution >= 0.6 is 0 Å². The second-order valence-corrected chi connectivity index (χ2v) is 3.64. The standard InChI is InChI=1S/C10H17N3O/c11-7-3-4-8-12-10(14)13-9-5-1-2-6-9/h9H,1-6,8H2,(H2,12,13,14). The van der Waals surface area contributed by atoms with Crippen LogP contribution in [0.4, 0.5) is 4.79 Å². The number of hydrogen-bond donors (Lipinski definition) is 2. The van der Waals surface area contributed by atoms with E-state index in [1.807, 2.05) is 6.07 Å². The Balaban J connectivity index is 2.01. The van der Waals surface area contributed by atoms with Gasteiger partial charge in [0.05, 0.1) is 6.07 Å². The van der Waals surface area contributed by atoms with Crippen molar-refractivity contribution < 1.29 is 4.79 Å². The fourth-order valence-electron chi connectivity index (χ4n) is 1.68. The van der Waals surface area contributed by atoms with Gasteiger partial charge in [-0.2, -0.15) is 5.26 Å². The summed E-state index contributed by atoms with van der Waals surface area (Å²) in [7, 11) is 0. The number of urea groups is 1. The lowest BCUT2D eigenvalue weighted by Gasteiger charge is -2.12. The highest BCUT2D eigenvalue weighted by Gasteiger charge is 2.16. The fourth-order valence-corrected chi connectivity index (χ4v) is 1.68. The molecule has 1 fully saturated rings. The van der Waals surface area contributed by atoms with Gasteiger partial charge in [-0.1, -0.05) is 12.8 Å². The van der Waals surface area contributed by atoms with Crippen LogP contribution in [0.2, 0.25) is 0 Å². The molecular weight excluding hydrogens is 178 g/mol. The predicted octanol–water partition coefficient (Wildman–Crippen LogP) is 1.53. The molecule has 0 radical (unpaired) electrons. The number of amides is 2. The number of rotatable bonds is 4. The first-order valence-corrected chi connectivity index (χ1v) is 5.24. The predicted molar refractivity (Wildman–Crippen MR) is 53.6 cm³/mol. The van der Waals surface area contributed by atoms with E-state index in [9.17, 15) is 4.79 Å². The topological polar surface area (TPSA) is 64.9 Å². The maximum atomic E-state index is 11.3. The van der Waals surface area contributed by atoms with E-state index in [2.05, 4.69) is 10.6 Å². The highest BCUT2D eigenvalue weighted by atomic mass is 16.2. The Morgan fingerprint density at radius 2 is 2.14 bits per heavy atom.